The summed E-state index contributed by atoms with van der Waals surface area (Å²) in [6, 6.07) is 12.0. The molecule has 2 rings (SSSR count). The maximum absolute atomic E-state index is 10.9. The molecule has 0 amide bonds. The van der Waals surface area contributed by atoms with Crippen molar-refractivity contribution in [2.75, 3.05) is 6.26 Å². The fourth-order valence-electron chi connectivity index (χ4n) is 1.44. The lowest BCUT2D eigenvalue weighted by Crippen LogP contribution is -2.21. The van der Waals surface area contributed by atoms with E-state index in [1.807, 2.05) is 35.7 Å². The van der Waals surface area contributed by atoms with Gasteiger partial charge in [-0.2, -0.15) is 0 Å². The zero-order chi connectivity index (χ0) is 12.3. The molecule has 1 aromatic carbocycles. The zero-order valence-electron chi connectivity index (χ0n) is 9.38. The van der Waals surface area contributed by atoms with Crippen LogP contribution >= 0.6 is 11.3 Å². The maximum atomic E-state index is 10.9. The summed E-state index contributed by atoms with van der Waals surface area (Å²) in [7, 11) is -3.12. The van der Waals surface area contributed by atoms with Crippen LogP contribution in [0, 0.1) is 0 Å². The van der Waals surface area contributed by atoms with E-state index in [9.17, 15) is 8.42 Å². The van der Waals surface area contributed by atoms with Gasteiger partial charge < -0.3 is 0 Å². The third-order valence-electron chi connectivity index (χ3n) is 2.30. The highest BCUT2D eigenvalue weighted by Crippen LogP contribution is 2.24. The maximum Gasteiger partial charge on any atom is 0.209 e. The van der Waals surface area contributed by atoms with Crippen LogP contribution in [0.4, 0.5) is 0 Å². The highest BCUT2D eigenvalue weighted by Gasteiger charge is 2.02. The second-order valence-electron chi connectivity index (χ2n) is 3.77. The van der Waals surface area contributed by atoms with Gasteiger partial charge in [0.15, 0.2) is 0 Å². The van der Waals surface area contributed by atoms with Crippen molar-refractivity contribution in [3.05, 3.63) is 47.3 Å². The second kappa shape index (κ2) is 5.00. The molecule has 1 N–H and O–H groups in total. The highest BCUT2D eigenvalue weighted by molar-refractivity contribution is 7.88. The SMILES string of the molecule is CS(=O)(=O)NCc1ccc(-c2cccs2)cc1. The summed E-state index contributed by atoms with van der Waals surface area (Å²) >= 11 is 1.69. The molecule has 0 saturated carbocycles. The average Bonchev–Trinajstić information content (AvgIpc) is 2.79. The fourth-order valence-corrected chi connectivity index (χ4v) is 2.61. The number of hydrogen-bond donors (Lipinski definition) is 1. The molecular formula is C12H13NO2S2. The van der Waals surface area contributed by atoms with E-state index in [4.69, 9.17) is 0 Å². The number of rotatable bonds is 4. The Hall–Kier alpha value is -1.17. The van der Waals surface area contributed by atoms with Gasteiger partial charge in [0.2, 0.25) is 10.0 Å². The lowest BCUT2D eigenvalue weighted by Gasteiger charge is -2.03. The van der Waals surface area contributed by atoms with Gasteiger partial charge >= 0.3 is 0 Å². The van der Waals surface area contributed by atoms with Gasteiger partial charge in [-0.15, -0.1) is 11.3 Å². The van der Waals surface area contributed by atoms with Gasteiger partial charge in [-0.3, -0.25) is 0 Å². The summed E-state index contributed by atoms with van der Waals surface area (Å²) in [4.78, 5) is 1.22. The predicted molar refractivity (Wildman–Crippen MR) is 71.4 cm³/mol. The van der Waals surface area contributed by atoms with E-state index in [0.717, 1.165) is 17.4 Å². The number of nitrogens with one attached hydrogen (secondary N) is 1. The molecule has 0 fully saturated rings. The molecule has 0 aliphatic heterocycles. The standard InChI is InChI=1S/C12H13NO2S2/c1-17(14,15)13-9-10-4-6-11(7-5-10)12-3-2-8-16-12/h2-8,13H,9H2,1H3. The van der Waals surface area contributed by atoms with Gasteiger partial charge in [0.05, 0.1) is 6.26 Å². The number of hydrogen-bond acceptors (Lipinski definition) is 3. The van der Waals surface area contributed by atoms with Crippen molar-refractivity contribution in [1.82, 2.24) is 4.72 Å². The van der Waals surface area contributed by atoms with Crippen molar-refractivity contribution in [1.29, 1.82) is 0 Å². The Morgan fingerprint density at radius 2 is 1.88 bits per heavy atom. The van der Waals surface area contributed by atoms with Gasteiger partial charge in [-0.05, 0) is 22.6 Å². The van der Waals surface area contributed by atoms with Crippen LogP contribution in [-0.4, -0.2) is 14.7 Å². The summed E-state index contributed by atoms with van der Waals surface area (Å²) in [6.07, 6.45) is 1.16. The third kappa shape index (κ3) is 3.66. The topological polar surface area (TPSA) is 46.2 Å². The van der Waals surface area contributed by atoms with Gasteiger partial charge in [0.25, 0.3) is 0 Å². The molecule has 0 spiro atoms. The first-order valence-corrected chi connectivity index (χ1v) is 7.89. The lowest BCUT2D eigenvalue weighted by atomic mass is 10.1. The van der Waals surface area contributed by atoms with Crippen molar-refractivity contribution in [2.45, 2.75) is 6.54 Å². The minimum absolute atomic E-state index is 0.337. The number of benzene rings is 1. The normalized spacial score (nSPS) is 11.6. The molecule has 0 radical (unpaired) electrons. The first kappa shape index (κ1) is 12.3. The van der Waals surface area contributed by atoms with Crippen LogP contribution in [0.25, 0.3) is 10.4 Å². The van der Waals surface area contributed by atoms with Crippen molar-refractivity contribution in [3.63, 3.8) is 0 Å². The Balaban J connectivity index is 2.09. The van der Waals surface area contributed by atoms with Crippen LogP contribution in [0.5, 0.6) is 0 Å². The number of sulfonamides is 1. The molecule has 17 heavy (non-hydrogen) atoms. The minimum Gasteiger partial charge on any atom is -0.213 e. The smallest absolute Gasteiger partial charge is 0.209 e. The van der Waals surface area contributed by atoms with Crippen LogP contribution in [0.15, 0.2) is 41.8 Å². The van der Waals surface area contributed by atoms with Crippen LogP contribution in [0.3, 0.4) is 0 Å². The van der Waals surface area contributed by atoms with E-state index in [1.54, 1.807) is 11.3 Å². The molecule has 0 aliphatic carbocycles. The van der Waals surface area contributed by atoms with E-state index in [2.05, 4.69) is 10.8 Å². The Morgan fingerprint density at radius 3 is 2.41 bits per heavy atom. The van der Waals surface area contributed by atoms with E-state index < -0.39 is 10.0 Å². The molecule has 90 valence electrons. The largest absolute Gasteiger partial charge is 0.213 e. The van der Waals surface area contributed by atoms with Gasteiger partial charge in [-0.25, -0.2) is 13.1 Å². The molecule has 0 unspecified atom stereocenters. The number of thiophene rings is 1. The quantitative estimate of drug-likeness (QED) is 0.925. The fraction of sp³-hybridized carbons (Fsp3) is 0.167. The van der Waals surface area contributed by atoms with Crippen LogP contribution in [0.2, 0.25) is 0 Å². The molecular weight excluding hydrogens is 254 g/mol. The molecule has 0 saturated heterocycles. The van der Waals surface area contributed by atoms with Gasteiger partial charge in [0.1, 0.15) is 0 Å². The highest BCUT2D eigenvalue weighted by atomic mass is 32.2. The summed E-state index contributed by atoms with van der Waals surface area (Å²) in [5, 5.41) is 2.04. The molecule has 5 heteroatoms. The molecule has 1 aromatic heterocycles. The van der Waals surface area contributed by atoms with E-state index >= 15 is 0 Å². The monoisotopic (exact) mass is 267 g/mol. The molecule has 1 heterocycles. The molecule has 2 aromatic rings. The third-order valence-corrected chi connectivity index (χ3v) is 3.89. The lowest BCUT2D eigenvalue weighted by molar-refractivity contribution is 0.587. The summed E-state index contributed by atoms with van der Waals surface area (Å²) in [5.41, 5.74) is 2.11. The zero-order valence-corrected chi connectivity index (χ0v) is 11.0. The van der Waals surface area contributed by atoms with Gasteiger partial charge in [0, 0.05) is 11.4 Å². The first-order chi connectivity index (χ1) is 8.04. The summed E-state index contributed by atoms with van der Waals surface area (Å²) in [5.74, 6) is 0. The molecule has 0 bridgehead atoms. The predicted octanol–water partition coefficient (Wildman–Crippen LogP) is 2.46. The minimum atomic E-state index is -3.12. The van der Waals surface area contributed by atoms with Crippen molar-refractivity contribution in [2.24, 2.45) is 0 Å². The van der Waals surface area contributed by atoms with Crippen molar-refractivity contribution in [3.8, 4) is 10.4 Å². The van der Waals surface area contributed by atoms with E-state index in [0.29, 0.717) is 6.54 Å². The van der Waals surface area contributed by atoms with Crippen LogP contribution < -0.4 is 4.72 Å². The summed E-state index contributed by atoms with van der Waals surface area (Å²) in [6.45, 7) is 0.337. The van der Waals surface area contributed by atoms with Gasteiger partial charge in [-0.1, -0.05) is 30.3 Å². The Bertz CT molecular complexity index is 571. The van der Waals surface area contributed by atoms with Crippen LogP contribution in [0.1, 0.15) is 5.56 Å². The first-order valence-electron chi connectivity index (χ1n) is 5.12. The Morgan fingerprint density at radius 1 is 1.18 bits per heavy atom. The van der Waals surface area contributed by atoms with E-state index in [-0.39, 0.29) is 0 Å². The van der Waals surface area contributed by atoms with E-state index in [1.165, 1.54) is 4.88 Å². The Kier molecular flexibility index (Phi) is 3.61. The summed E-state index contributed by atoms with van der Waals surface area (Å²) < 4.78 is 24.4. The van der Waals surface area contributed by atoms with Crippen molar-refractivity contribution >= 4 is 21.4 Å². The molecule has 0 atom stereocenters. The second-order valence-corrected chi connectivity index (χ2v) is 6.55. The average molecular weight is 267 g/mol. The van der Waals surface area contributed by atoms with Crippen molar-refractivity contribution < 1.29 is 8.42 Å². The Labute approximate surface area is 105 Å². The molecule has 3 nitrogen and oxygen atoms in total. The van der Waals surface area contributed by atoms with Crippen LogP contribution in [-0.2, 0) is 16.6 Å². The molecule has 0 aliphatic rings.